The molecule has 1 saturated heterocycles. The summed E-state index contributed by atoms with van der Waals surface area (Å²) in [6.07, 6.45) is 8.71. The maximum absolute atomic E-state index is 13.1. The van der Waals surface area contributed by atoms with Gasteiger partial charge in [0.05, 0.1) is 0 Å². The third-order valence-corrected chi connectivity index (χ3v) is 7.09. The Labute approximate surface area is 195 Å². The van der Waals surface area contributed by atoms with E-state index in [1.54, 1.807) is 12.3 Å². The first-order valence-electron chi connectivity index (χ1n) is 12.2. The van der Waals surface area contributed by atoms with E-state index < -0.39 is 0 Å². The zero-order chi connectivity index (χ0) is 23.5. The summed E-state index contributed by atoms with van der Waals surface area (Å²) >= 11 is 0. The van der Waals surface area contributed by atoms with Crippen LogP contribution in [-0.4, -0.2) is 32.8 Å². The Morgan fingerprint density at radius 1 is 1.21 bits per heavy atom. The zero-order valence-corrected chi connectivity index (χ0v) is 19.9. The maximum atomic E-state index is 13.1. The number of likely N-dealkylation sites (tertiary alicyclic amines) is 1. The van der Waals surface area contributed by atoms with E-state index in [2.05, 4.69) is 47.8 Å². The van der Waals surface area contributed by atoms with E-state index in [1.807, 2.05) is 18.2 Å². The molecule has 3 heterocycles. The second-order valence-electron chi connectivity index (χ2n) is 9.37. The van der Waals surface area contributed by atoms with Crippen molar-refractivity contribution < 1.29 is 0 Å². The number of nitrogens with two attached hydrogens (primary N) is 1. The van der Waals surface area contributed by atoms with Gasteiger partial charge in [0.25, 0.3) is 5.56 Å². The van der Waals surface area contributed by atoms with Crippen LogP contribution in [0.1, 0.15) is 76.6 Å². The topological polar surface area (TPSA) is 98.9 Å². The number of nitrogens with zero attached hydrogens (tertiary/aromatic N) is 2. The number of benzene rings is 1. The molecule has 1 aromatic carbocycles. The maximum Gasteiger partial charge on any atom is 0.256 e. The molecule has 0 spiro atoms. The lowest BCUT2D eigenvalue weighted by Gasteiger charge is -2.45. The summed E-state index contributed by atoms with van der Waals surface area (Å²) in [5.74, 6) is -0.143. The molecular formula is C27H35N5O. The number of piperidine rings is 1. The van der Waals surface area contributed by atoms with E-state index in [0.717, 1.165) is 30.2 Å². The van der Waals surface area contributed by atoms with Crippen molar-refractivity contribution in [3.05, 3.63) is 64.2 Å². The summed E-state index contributed by atoms with van der Waals surface area (Å²) in [5.41, 5.74) is 9.11. The summed E-state index contributed by atoms with van der Waals surface area (Å²) in [7, 11) is 0. The Hall–Kier alpha value is -2.99. The summed E-state index contributed by atoms with van der Waals surface area (Å²) in [4.78, 5) is 23.1. The minimum atomic E-state index is -0.194. The van der Waals surface area contributed by atoms with Crippen LogP contribution in [-0.2, 0) is 0 Å². The molecule has 6 nitrogen and oxygen atoms in total. The molecule has 6 heteroatoms. The standard InChI is InChI=1S/C27H35N5O/c1-4-5-14-24(32-17(2)9-6-10-18(32)3)19-11-7-13-23-21(19)16-22(27(33)31-23)20-12-8-15-30-25(20)26(28)29/h7-8,11-13,15-18,24H,4-6,9-10,14H2,1-3H3,(H3,28,29)(H,31,33). The van der Waals surface area contributed by atoms with Gasteiger partial charge < -0.3 is 10.7 Å². The summed E-state index contributed by atoms with van der Waals surface area (Å²) < 4.78 is 0. The highest BCUT2D eigenvalue weighted by atomic mass is 16.1. The van der Waals surface area contributed by atoms with Crippen molar-refractivity contribution in [2.45, 2.75) is 77.4 Å². The number of fused-ring (bicyclic) bond motifs is 1. The number of aromatic nitrogens is 2. The largest absolute Gasteiger partial charge is 0.382 e. The Kier molecular flexibility index (Phi) is 6.94. The van der Waals surface area contributed by atoms with Gasteiger partial charge in [0.1, 0.15) is 11.5 Å². The van der Waals surface area contributed by atoms with Crippen LogP contribution in [0.25, 0.3) is 22.0 Å². The van der Waals surface area contributed by atoms with Crippen LogP contribution in [0.4, 0.5) is 0 Å². The predicted molar refractivity (Wildman–Crippen MR) is 136 cm³/mol. The first kappa shape index (κ1) is 23.2. The van der Waals surface area contributed by atoms with E-state index in [-0.39, 0.29) is 11.4 Å². The molecule has 3 unspecified atom stereocenters. The predicted octanol–water partition coefficient (Wildman–Crippen LogP) is 5.37. The van der Waals surface area contributed by atoms with Gasteiger partial charge in [0, 0.05) is 46.4 Å². The quantitative estimate of drug-likeness (QED) is 0.336. The molecule has 0 amide bonds. The third kappa shape index (κ3) is 4.58. The van der Waals surface area contributed by atoms with E-state index in [9.17, 15) is 4.79 Å². The second kappa shape index (κ2) is 9.87. The lowest BCUT2D eigenvalue weighted by molar-refractivity contribution is 0.0496. The van der Waals surface area contributed by atoms with Crippen LogP contribution in [0, 0.1) is 5.41 Å². The van der Waals surface area contributed by atoms with E-state index in [4.69, 9.17) is 11.1 Å². The number of hydrogen-bond acceptors (Lipinski definition) is 4. The molecule has 4 rings (SSSR count). The zero-order valence-electron chi connectivity index (χ0n) is 19.9. The molecule has 3 atom stereocenters. The Bertz CT molecular complexity index is 1190. The lowest BCUT2D eigenvalue weighted by Crippen LogP contribution is -2.46. The third-order valence-electron chi connectivity index (χ3n) is 7.09. The summed E-state index contributed by atoms with van der Waals surface area (Å²) in [5, 5.41) is 8.97. The monoisotopic (exact) mass is 445 g/mol. The molecule has 2 aromatic heterocycles. The number of unbranched alkanes of at least 4 members (excludes halogenated alkanes) is 1. The van der Waals surface area contributed by atoms with Crippen molar-refractivity contribution in [2.24, 2.45) is 5.73 Å². The molecule has 0 bridgehead atoms. The minimum Gasteiger partial charge on any atom is -0.382 e. The van der Waals surface area contributed by atoms with Gasteiger partial charge in [-0.05, 0) is 56.9 Å². The van der Waals surface area contributed by atoms with Gasteiger partial charge in [-0.1, -0.05) is 44.4 Å². The van der Waals surface area contributed by atoms with E-state index >= 15 is 0 Å². The number of nitrogens with one attached hydrogen (secondary N) is 2. The van der Waals surface area contributed by atoms with Gasteiger partial charge >= 0.3 is 0 Å². The molecule has 3 aromatic rings. The second-order valence-corrected chi connectivity index (χ2v) is 9.37. The first-order valence-corrected chi connectivity index (χ1v) is 12.2. The van der Waals surface area contributed by atoms with Crippen LogP contribution in [0.5, 0.6) is 0 Å². The van der Waals surface area contributed by atoms with Gasteiger partial charge in [-0.3, -0.25) is 20.1 Å². The molecule has 1 aliphatic heterocycles. The van der Waals surface area contributed by atoms with Crippen molar-refractivity contribution in [2.75, 3.05) is 0 Å². The average Bonchev–Trinajstić information content (AvgIpc) is 2.80. The Morgan fingerprint density at radius 2 is 1.97 bits per heavy atom. The number of nitrogen functional groups attached to an aromatic ring is 1. The lowest BCUT2D eigenvalue weighted by atomic mass is 9.88. The molecule has 1 aliphatic rings. The molecule has 4 N–H and O–H groups in total. The number of hydrogen-bond donors (Lipinski definition) is 3. The van der Waals surface area contributed by atoms with Crippen molar-refractivity contribution >= 4 is 16.7 Å². The molecule has 174 valence electrons. The van der Waals surface area contributed by atoms with Gasteiger partial charge in [0.2, 0.25) is 0 Å². The summed E-state index contributed by atoms with van der Waals surface area (Å²) in [6.45, 7) is 6.94. The summed E-state index contributed by atoms with van der Waals surface area (Å²) in [6, 6.07) is 13.1. The molecular weight excluding hydrogens is 410 g/mol. The van der Waals surface area contributed by atoms with Crippen LogP contribution >= 0.6 is 0 Å². The minimum absolute atomic E-state index is 0.143. The van der Waals surface area contributed by atoms with Gasteiger partial charge in [-0.25, -0.2) is 0 Å². The van der Waals surface area contributed by atoms with E-state index in [0.29, 0.717) is 34.9 Å². The van der Waals surface area contributed by atoms with Crippen molar-refractivity contribution in [1.82, 2.24) is 14.9 Å². The van der Waals surface area contributed by atoms with Crippen molar-refractivity contribution in [3.8, 4) is 11.1 Å². The fraction of sp³-hybridized carbons (Fsp3) is 0.444. The highest BCUT2D eigenvalue weighted by Crippen LogP contribution is 2.38. The Morgan fingerprint density at radius 3 is 2.67 bits per heavy atom. The molecule has 0 aliphatic carbocycles. The number of rotatable bonds is 7. The molecule has 0 saturated carbocycles. The fourth-order valence-electron chi connectivity index (χ4n) is 5.50. The average molecular weight is 446 g/mol. The normalized spacial score (nSPS) is 20.1. The van der Waals surface area contributed by atoms with Gasteiger partial charge in [0.15, 0.2) is 0 Å². The van der Waals surface area contributed by atoms with Gasteiger partial charge in [-0.2, -0.15) is 0 Å². The van der Waals surface area contributed by atoms with Crippen LogP contribution in [0.15, 0.2) is 47.4 Å². The first-order chi connectivity index (χ1) is 15.9. The fourth-order valence-corrected chi connectivity index (χ4v) is 5.50. The van der Waals surface area contributed by atoms with Crippen molar-refractivity contribution in [1.29, 1.82) is 5.41 Å². The Balaban J connectivity index is 1.91. The van der Waals surface area contributed by atoms with Crippen LogP contribution < -0.4 is 11.3 Å². The number of pyridine rings is 2. The van der Waals surface area contributed by atoms with Gasteiger partial charge in [-0.15, -0.1) is 0 Å². The molecule has 0 radical (unpaired) electrons. The highest BCUT2D eigenvalue weighted by Gasteiger charge is 2.32. The highest BCUT2D eigenvalue weighted by molar-refractivity contribution is 6.00. The number of H-pyrrole nitrogens is 1. The van der Waals surface area contributed by atoms with Crippen LogP contribution in [0.3, 0.4) is 0 Å². The van der Waals surface area contributed by atoms with E-state index in [1.165, 1.54) is 24.8 Å². The molecule has 33 heavy (non-hydrogen) atoms. The number of aromatic amines is 1. The smallest absolute Gasteiger partial charge is 0.256 e. The molecule has 1 fully saturated rings. The van der Waals surface area contributed by atoms with Crippen molar-refractivity contribution in [3.63, 3.8) is 0 Å². The SMILES string of the molecule is CCCCC(c1cccc2[nH]c(=O)c(-c3cccnc3C(=N)N)cc12)N1C(C)CCCC1C. The van der Waals surface area contributed by atoms with Crippen LogP contribution in [0.2, 0.25) is 0 Å². The number of amidine groups is 1.